The standard InChI is InChI=1S/C22H19Br2IO4/c1-2-28-21(22(26)27)13-16-7-8-20(19(25)12-16)29-9-5-3-4-6-15-10-17(23)14-18(24)11-15/h3,5,7-8,10-12,14,21H,2,9,13H2,1H3,(H,26,27). The topological polar surface area (TPSA) is 55.8 Å². The largest absolute Gasteiger partial charge is 0.488 e. The lowest BCUT2D eigenvalue weighted by Gasteiger charge is -2.13. The predicted molar refractivity (Wildman–Crippen MR) is 129 cm³/mol. The van der Waals surface area contributed by atoms with E-state index in [0.29, 0.717) is 19.6 Å². The van der Waals surface area contributed by atoms with Crippen molar-refractivity contribution in [3.8, 4) is 17.6 Å². The highest BCUT2D eigenvalue weighted by Gasteiger charge is 2.18. The highest BCUT2D eigenvalue weighted by atomic mass is 127. The maximum Gasteiger partial charge on any atom is 0.333 e. The highest BCUT2D eigenvalue weighted by Crippen LogP contribution is 2.23. The molecule has 29 heavy (non-hydrogen) atoms. The molecule has 1 N–H and O–H groups in total. The van der Waals surface area contributed by atoms with Crippen molar-refractivity contribution in [2.24, 2.45) is 0 Å². The molecule has 0 fully saturated rings. The maximum absolute atomic E-state index is 11.2. The number of benzene rings is 2. The van der Waals surface area contributed by atoms with Gasteiger partial charge in [0.25, 0.3) is 0 Å². The van der Waals surface area contributed by atoms with Crippen molar-refractivity contribution in [2.75, 3.05) is 13.2 Å². The minimum atomic E-state index is -0.955. The molecule has 0 radical (unpaired) electrons. The quantitative estimate of drug-likeness (QED) is 0.294. The predicted octanol–water partition coefficient (Wildman–Crippen LogP) is 5.84. The normalized spacial score (nSPS) is 11.7. The van der Waals surface area contributed by atoms with Gasteiger partial charge >= 0.3 is 5.97 Å². The Kier molecular flexibility index (Phi) is 10.2. The Morgan fingerprint density at radius 2 is 1.97 bits per heavy atom. The number of hydrogen-bond acceptors (Lipinski definition) is 3. The van der Waals surface area contributed by atoms with Crippen molar-refractivity contribution in [1.82, 2.24) is 0 Å². The lowest BCUT2D eigenvalue weighted by atomic mass is 10.1. The summed E-state index contributed by atoms with van der Waals surface area (Å²) in [6, 6.07) is 11.5. The van der Waals surface area contributed by atoms with Crippen LogP contribution >= 0.6 is 54.5 Å². The average molecular weight is 634 g/mol. The second kappa shape index (κ2) is 12.4. The molecule has 2 aromatic rings. The van der Waals surface area contributed by atoms with Gasteiger partial charge in [-0.3, -0.25) is 0 Å². The average Bonchev–Trinajstić information content (AvgIpc) is 2.64. The molecule has 0 aliphatic carbocycles. The van der Waals surface area contributed by atoms with Gasteiger partial charge in [0.1, 0.15) is 12.4 Å². The van der Waals surface area contributed by atoms with Gasteiger partial charge in [-0.15, -0.1) is 0 Å². The first-order valence-corrected chi connectivity index (χ1v) is 11.4. The molecule has 7 heteroatoms. The van der Waals surface area contributed by atoms with Crippen LogP contribution < -0.4 is 4.74 Å². The van der Waals surface area contributed by atoms with Gasteiger partial charge < -0.3 is 14.6 Å². The molecule has 0 heterocycles. The van der Waals surface area contributed by atoms with Gasteiger partial charge in [-0.1, -0.05) is 49.8 Å². The van der Waals surface area contributed by atoms with Gasteiger partial charge in [-0.2, -0.15) is 0 Å². The molecule has 4 nitrogen and oxygen atoms in total. The van der Waals surface area contributed by atoms with E-state index in [4.69, 9.17) is 9.47 Å². The number of allylic oxidation sites excluding steroid dienone is 1. The van der Waals surface area contributed by atoms with Gasteiger partial charge in [0, 0.05) is 27.5 Å². The molecule has 0 bridgehead atoms. The summed E-state index contributed by atoms with van der Waals surface area (Å²) in [6.07, 6.45) is 3.09. The molecule has 152 valence electrons. The summed E-state index contributed by atoms with van der Waals surface area (Å²) in [5, 5.41) is 9.20. The van der Waals surface area contributed by atoms with Crippen molar-refractivity contribution < 1.29 is 19.4 Å². The van der Waals surface area contributed by atoms with E-state index in [1.807, 2.05) is 42.5 Å². The molecule has 0 saturated carbocycles. The lowest BCUT2D eigenvalue weighted by Crippen LogP contribution is -2.26. The Bertz CT molecular complexity index is 927. The lowest BCUT2D eigenvalue weighted by molar-refractivity contribution is -0.149. The van der Waals surface area contributed by atoms with Gasteiger partial charge in [-0.05, 0) is 77.6 Å². The maximum atomic E-state index is 11.2. The summed E-state index contributed by atoms with van der Waals surface area (Å²) in [7, 11) is 0. The summed E-state index contributed by atoms with van der Waals surface area (Å²) < 4.78 is 13.9. The zero-order chi connectivity index (χ0) is 21.2. The zero-order valence-corrected chi connectivity index (χ0v) is 21.0. The molecule has 0 amide bonds. The van der Waals surface area contributed by atoms with Crippen LogP contribution in [0.1, 0.15) is 18.1 Å². The van der Waals surface area contributed by atoms with Crippen molar-refractivity contribution in [3.05, 3.63) is 72.2 Å². The van der Waals surface area contributed by atoms with Crippen LogP contribution in [0.25, 0.3) is 0 Å². The Morgan fingerprint density at radius 1 is 1.24 bits per heavy atom. The summed E-state index contributed by atoms with van der Waals surface area (Å²) in [5.41, 5.74) is 1.80. The van der Waals surface area contributed by atoms with E-state index in [2.05, 4.69) is 66.3 Å². The Balaban J connectivity index is 1.90. The van der Waals surface area contributed by atoms with Gasteiger partial charge in [0.15, 0.2) is 6.10 Å². The van der Waals surface area contributed by atoms with Crippen LogP contribution in [0, 0.1) is 15.4 Å². The summed E-state index contributed by atoms with van der Waals surface area (Å²) in [6.45, 7) is 2.54. The summed E-state index contributed by atoms with van der Waals surface area (Å²) in [5.74, 6) is 5.84. The van der Waals surface area contributed by atoms with E-state index in [1.54, 1.807) is 13.0 Å². The summed E-state index contributed by atoms with van der Waals surface area (Å²) in [4.78, 5) is 11.2. The molecule has 2 rings (SSSR count). The van der Waals surface area contributed by atoms with E-state index in [1.165, 1.54) is 0 Å². The van der Waals surface area contributed by atoms with Crippen LogP contribution in [-0.4, -0.2) is 30.4 Å². The first-order chi connectivity index (χ1) is 13.9. The first kappa shape index (κ1) is 23.9. The minimum Gasteiger partial charge on any atom is -0.488 e. The fourth-order valence-electron chi connectivity index (χ4n) is 2.42. The number of rotatable bonds is 8. The SMILES string of the molecule is CCOC(Cc1ccc(OCC=CC#Cc2cc(Br)cc(Br)c2)c(I)c1)C(=O)O. The van der Waals surface area contributed by atoms with Crippen molar-refractivity contribution in [2.45, 2.75) is 19.4 Å². The fourth-order valence-corrected chi connectivity index (χ4v) is 4.45. The Hall–Kier alpha value is -1.34. The first-order valence-electron chi connectivity index (χ1n) is 8.77. The number of aliphatic carboxylic acids is 1. The number of hydrogen-bond donors (Lipinski definition) is 1. The van der Waals surface area contributed by atoms with Crippen LogP contribution in [-0.2, 0) is 16.0 Å². The number of carboxylic acid groups (broad SMARTS) is 1. The Morgan fingerprint density at radius 3 is 2.59 bits per heavy atom. The number of carboxylic acids is 1. The third-order valence-electron chi connectivity index (χ3n) is 3.68. The van der Waals surface area contributed by atoms with Gasteiger partial charge in [0.2, 0.25) is 0 Å². The van der Waals surface area contributed by atoms with E-state index >= 15 is 0 Å². The van der Waals surface area contributed by atoms with Crippen LogP contribution in [0.3, 0.4) is 0 Å². The molecular weight excluding hydrogens is 615 g/mol. The van der Waals surface area contributed by atoms with E-state index < -0.39 is 12.1 Å². The fraction of sp³-hybridized carbons (Fsp3) is 0.227. The molecule has 1 unspecified atom stereocenters. The second-order valence-electron chi connectivity index (χ2n) is 5.89. The number of halogens is 3. The number of carbonyl (C=O) groups is 1. The van der Waals surface area contributed by atoms with Crippen LogP contribution in [0.15, 0.2) is 57.5 Å². The van der Waals surface area contributed by atoms with E-state index in [9.17, 15) is 9.90 Å². The molecule has 2 aromatic carbocycles. The molecule has 0 saturated heterocycles. The molecule has 0 aromatic heterocycles. The Labute approximate surface area is 201 Å². The monoisotopic (exact) mass is 632 g/mol. The second-order valence-corrected chi connectivity index (χ2v) is 8.89. The highest BCUT2D eigenvalue weighted by molar-refractivity contribution is 14.1. The molecule has 0 aliphatic rings. The number of ether oxygens (including phenoxy) is 2. The van der Waals surface area contributed by atoms with Crippen molar-refractivity contribution in [3.63, 3.8) is 0 Å². The van der Waals surface area contributed by atoms with Crippen LogP contribution in [0.5, 0.6) is 5.75 Å². The molecular formula is C22H19Br2IO4. The van der Waals surface area contributed by atoms with E-state index in [0.717, 1.165) is 29.4 Å². The third-order valence-corrected chi connectivity index (χ3v) is 5.43. The minimum absolute atomic E-state index is 0.320. The molecule has 1 atom stereocenters. The van der Waals surface area contributed by atoms with Gasteiger partial charge in [-0.25, -0.2) is 4.79 Å². The third kappa shape index (κ3) is 8.51. The van der Waals surface area contributed by atoms with Crippen LogP contribution in [0.4, 0.5) is 0 Å². The molecule has 0 aliphatic heterocycles. The zero-order valence-electron chi connectivity index (χ0n) is 15.6. The smallest absolute Gasteiger partial charge is 0.333 e. The molecule has 0 spiro atoms. The van der Waals surface area contributed by atoms with Crippen molar-refractivity contribution in [1.29, 1.82) is 0 Å². The van der Waals surface area contributed by atoms with Gasteiger partial charge in [0.05, 0.1) is 3.57 Å². The summed E-state index contributed by atoms with van der Waals surface area (Å²) >= 11 is 9.06. The van der Waals surface area contributed by atoms with E-state index in [-0.39, 0.29) is 0 Å². The van der Waals surface area contributed by atoms with Crippen LogP contribution in [0.2, 0.25) is 0 Å². The van der Waals surface area contributed by atoms with Crippen molar-refractivity contribution >= 4 is 60.4 Å².